The van der Waals surface area contributed by atoms with Crippen LogP contribution in [0.5, 0.6) is 0 Å². The molecule has 0 saturated heterocycles. The lowest BCUT2D eigenvalue weighted by molar-refractivity contribution is 0.100. The van der Waals surface area contributed by atoms with E-state index in [1.165, 1.54) is 0 Å². The Morgan fingerprint density at radius 2 is 2.18 bits per heavy atom. The summed E-state index contributed by atoms with van der Waals surface area (Å²) in [7, 11) is 0. The van der Waals surface area contributed by atoms with Crippen LogP contribution in [0.25, 0.3) is 0 Å². The lowest BCUT2D eigenvalue weighted by atomic mass is 10.2. The zero-order valence-electron chi connectivity index (χ0n) is 5.87. The molecule has 1 rings (SSSR count). The Morgan fingerprint density at radius 1 is 1.45 bits per heavy atom. The molecule has 58 valence electrons. The highest BCUT2D eigenvalue weighted by atomic mass is 16.1. The number of anilines is 1. The molecule has 0 aliphatic carbocycles. The maximum atomic E-state index is 10.6. The Hall–Kier alpha value is -1.55. The van der Waals surface area contributed by atoms with Gasteiger partial charge in [-0.3, -0.25) is 10.6 Å². The van der Waals surface area contributed by atoms with Crippen LogP contribution in [0.1, 0.15) is 10.4 Å². The normalized spacial score (nSPS) is 9.18. The number of nitrogens with one attached hydrogen (secondary N) is 1. The third-order valence-electron chi connectivity index (χ3n) is 1.31. The second-order valence-electron chi connectivity index (χ2n) is 2.09. The maximum absolute atomic E-state index is 10.6. The Morgan fingerprint density at radius 3 is 2.73 bits per heavy atom. The van der Waals surface area contributed by atoms with Crippen molar-refractivity contribution < 1.29 is 4.79 Å². The lowest BCUT2D eigenvalue weighted by Gasteiger charge is -1.99. The van der Waals surface area contributed by atoms with Crippen molar-refractivity contribution in [1.29, 1.82) is 0 Å². The summed E-state index contributed by atoms with van der Waals surface area (Å²) in [4.78, 5) is 10.6. The smallest absolute Gasteiger partial charge is 0.248 e. The molecule has 0 radical (unpaired) electrons. The molecular weight excluding hydrogens is 142 g/mol. The molecule has 1 aromatic carbocycles. The van der Waals surface area contributed by atoms with Crippen molar-refractivity contribution in [3.8, 4) is 0 Å². The van der Waals surface area contributed by atoms with Crippen LogP contribution >= 0.6 is 0 Å². The average molecular weight is 151 g/mol. The number of nitrogen functional groups attached to an aromatic ring is 1. The molecule has 1 aromatic rings. The minimum absolute atomic E-state index is 0.445. The molecule has 1 amide bonds. The Labute approximate surface area is 64.2 Å². The summed E-state index contributed by atoms with van der Waals surface area (Å²) in [5.41, 5.74) is 8.56. The zero-order chi connectivity index (χ0) is 8.27. The summed E-state index contributed by atoms with van der Waals surface area (Å²) in [5, 5.41) is 0. The second kappa shape index (κ2) is 3.03. The van der Waals surface area contributed by atoms with Gasteiger partial charge in [-0.2, -0.15) is 0 Å². The maximum Gasteiger partial charge on any atom is 0.248 e. The van der Waals surface area contributed by atoms with E-state index in [9.17, 15) is 4.79 Å². The van der Waals surface area contributed by atoms with Crippen LogP contribution in [0.15, 0.2) is 24.3 Å². The average Bonchev–Trinajstić information content (AvgIpc) is 2.05. The van der Waals surface area contributed by atoms with E-state index in [2.05, 4.69) is 5.43 Å². The van der Waals surface area contributed by atoms with Gasteiger partial charge in [0, 0.05) is 11.3 Å². The van der Waals surface area contributed by atoms with Crippen molar-refractivity contribution in [3.05, 3.63) is 29.8 Å². The van der Waals surface area contributed by atoms with Gasteiger partial charge in [-0.05, 0) is 18.2 Å². The van der Waals surface area contributed by atoms with Crippen molar-refractivity contribution in [3.63, 3.8) is 0 Å². The molecule has 0 atom stereocenters. The van der Waals surface area contributed by atoms with E-state index < -0.39 is 5.91 Å². The van der Waals surface area contributed by atoms with Gasteiger partial charge in [-0.1, -0.05) is 6.07 Å². The van der Waals surface area contributed by atoms with Crippen LogP contribution in [0, 0.1) is 0 Å². The predicted octanol–water partition coefficient (Wildman–Crippen LogP) is 0.0711. The van der Waals surface area contributed by atoms with Gasteiger partial charge in [0.05, 0.1) is 0 Å². The van der Waals surface area contributed by atoms with Gasteiger partial charge in [0.15, 0.2) is 0 Å². The summed E-state index contributed by atoms with van der Waals surface area (Å²) in [6, 6.07) is 6.66. The van der Waals surface area contributed by atoms with Crippen LogP contribution < -0.4 is 17.0 Å². The molecule has 0 aliphatic heterocycles. The van der Waals surface area contributed by atoms with Crippen LogP contribution in [-0.2, 0) is 0 Å². The first kappa shape index (κ1) is 7.56. The number of benzene rings is 1. The first-order valence-corrected chi connectivity index (χ1v) is 3.10. The second-order valence-corrected chi connectivity index (χ2v) is 2.09. The van der Waals surface area contributed by atoms with E-state index in [0.717, 1.165) is 0 Å². The first-order valence-electron chi connectivity index (χ1n) is 3.10. The molecule has 0 aliphatic rings. The fourth-order valence-electron chi connectivity index (χ4n) is 0.762. The Bertz CT molecular complexity index is 272. The topological polar surface area (TPSA) is 81.1 Å². The van der Waals surface area contributed by atoms with Gasteiger partial charge >= 0.3 is 0 Å². The minimum atomic E-state index is -0.456. The van der Waals surface area contributed by atoms with Gasteiger partial charge in [0.1, 0.15) is 0 Å². The number of rotatable bonds is 2. The van der Waals surface area contributed by atoms with Gasteiger partial charge in [0.2, 0.25) is 5.91 Å². The molecule has 0 heterocycles. The first-order chi connectivity index (χ1) is 5.24. The molecule has 0 fully saturated rings. The van der Waals surface area contributed by atoms with E-state index in [1.54, 1.807) is 24.3 Å². The number of hydrogen-bond donors (Lipinski definition) is 3. The molecule has 5 N–H and O–H groups in total. The number of primary amides is 1. The van der Waals surface area contributed by atoms with E-state index >= 15 is 0 Å². The SMILES string of the molecule is NNc1cccc(C(N)=O)c1. The molecule has 0 unspecified atom stereocenters. The fourth-order valence-corrected chi connectivity index (χ4v) is 0.762. The standard InChI is InChI=1S/C7H9N3O/c8-7(11)5-2-1-3-6(4-5)10-9/h1-4,10H,9H2,(H2,8,11). The van der Waals surface area contributed by atoms with E-state index in [4.69, 9.17) is 11.6 Å². The van der Waals surface area contributed by atoms with Crippen molar-refractivity contribution in [2.45, 2.75) is 0 Å². The van der Waals surface area contributed by atoms with E-state index in [0.29, 0.717) is 11.3 Å². The molecular formula is C7H9N3O. The van der Waals surface area contributed by atoms with Crippen LogP contribution in [0.4, 0.5) is 5.69 Å². The molecule has 0 bridgehead atoms. The van der Waals surface area contributed by atoms with Crippen molar-refractivity contribution in [1.82, 2.24) is 0 Å². The number of carbonyl (C=O) groups excluding carboxylic acids is 1. The van der Waals surface area contributed by atoms with Gasteiger partial charge in [-0.25, -0.2) is 0 Å². The fraction of sp³-hybridized carbons (Fsp3) is 0. The quantitative estimate of drug-likeness (QED) is 0.413. The molecule has 4 nitrogen and oxygen atoms in total. The highest BCUT2D eigenvalue weighted by Gasteiger charge is 1.98. The lowest BCUT2D eigenvalue weighted by Crippen LogP contribution is -2.12. The molecule has 0 spiro atoms. The number of hydrogen-bond acceptors (Lipinski definition) is 3. The third-order valence-corrected chi connectivity index (χ3v) is 1.31. The molecule has 11 heavy (non-hydrogen) atoms. The summed E-state index contributed by atoms with van der Waals surface area (Å²) in [5.74, 6) is 4.66. The van der Waals surface area contributed by atoms with Crippen LogP contribution in [0.3, 0.4) is 0 Å². The number of amides is 1. The van der Waals surface area contributed by atoms with Gasteiger partial charge in [-0.15, -0.1) is 0 Å². The highest BCUT2D eigenvalue weighted by Crippen LogP contribution is 2.07. The Balaban J connectivity index is 3.01. The Kier molecular flexibility index (Phi) is 2.08. The van der Waals surface area contributed by atoms with Crippen LogP contribution in [0.2, 0.25) is 0 Å². The summed E-state index contributed by atoms with van der Waals surface area (Å²) < 4.78 is 0. The molecule has 0 aromatic heterocycles. The summed E-state index contributed by atoms with van der Waals surface area (Å²) in [6.45, 7) is 0. The largest absolute Gasteiger partial charge is 0.366 e. The van der Waals surface area contributed by atoms with Crippen molar-refractivity contribution in [2.75, 3.05) is 5.43 Å². The monoisotopic (exact) mass is 151 g/mol. The molecule has 0 saturated carbocycles. The number of hydrazine groups is 1. The van der Waals surface area contributed by atoms with Crippen molar-refractivity contribution in [2.24, 2.45) is 11.6 Å². The highest BCUT2D eigenvalue weighted by molar-refractivity contribution is 5.93. The van der Waals surface area contributed by atoms with Crippen molar-refractivity contribution >= 4 is 11.6 Å². The summed E-state index contributed by atoms with van der Waals surface area (Å²) >= 11 is 0. The third kappa shape index (κ3) is 1.68. The zero-order valence-corrected chi connectivity index (χ0v) is 5.87. The van der Waals surface area contributed by atoms with Gasteiger partial charge < -0.3 is 11.2 Å². The van der Waals surface area contributed by atoms with Gasteiger partial charge in [0.25, 0.3) is 0 Å². The number of carbonyl (C=O) groups is 1. The molecule has 4 heteroatoms. The van der Waals surface area contributed by atoms with Crippen LogP contribution in [-0.4, -0.2) is 5.91 Å². The predicted molar refractivity (Wildman–Crippen MR) is 42.8 cm³/mol. The minimum Gasteiger partial charge on any atom is -0.366 e. The number of nitrogens with two attached hydrogens (primary N) is 2. The summed E-state index contributed by atoms with van der Waals surface area (Å²) in [6.07, 6.45) is 0. The van der Waals surface area contributed by atoms with E-state index in [-0.39, 0.29) is 0 Å². The van der Waals surface area contributed by atoms with E-state index in [1.807, 2.05) is 0 Å².